The monoisotopic (exact) mass is 397 g/mol. The number of furan rings is 1. The van der Waals surface area contributed by atoms with Crippen molar-refractivity contribution in [3.8, 4) is 5.13 Å². The number of carbonyl (C=O) groups is 1. The zero-order valence-electron chi connectivity index (χ0n) is 15.2. The fourth-order valence-electron chi connectivity index (χ4n) is 2.72. The standard InChI is InChI=1S/C18H15N5O4S/c1-9-6-12-14(7-10(9)2)28-18(19-12)22-15(8-11(3)21-22)20-17(24)13-4-5-16(27-13)23(25)26/h4-8H,1-3H3,(H,20,24). The third kappa shape index (κ3) is 3.14. The van der Waals surface area contributed by atoms with Gasteiger partial charge in [-0.2, -0.15) is 9.78 Å². The van der Waals surface area contributed by atoms with Gasteiger partial charge in [-0.3, -0.25) is 14.9 Å². The number of thiazole rings is 1. The Hall–Kier alpha value is -3.53. The number of aromatic nitrogens is 3. The Morgan fingerprint density at radius 2 is 1.96 bits per heavy atom. The predicted molar refractivity (Wildman–Crippen MR) is 104 cm³/mol. The van der Waals surface area contributed by atoms with E-state index < -0.39 is 16.7 Å². The summed E-state index contributed by atoms with van der Waals surface area (Å²) in [6, 6.07) is 8.17. The number of rotatable bonds is 4. The molecule has 1 aromatic carbocycles. The number of carbonyl (C=O) groups excluding carboxylic acids is 1. The lowest BCUT2D eigenvalue weighted by Gasteiger charge is -2.04. The van der Waals surface area contributed by atoms with E-state index in [9.17, 15) is 14.9 Å². The van der Waals surface area contributed by atoms with E-state index in [2.05, 4.69) is 21.5 Å². The topological polar surface area (TPSA) is 116 Å². The molecule has 0 aliphatic rings. The minimum Gasteiger partial charge on any atom is -0.395 e. The highest BCUT2D eigenvalue weighted by Gasteiger charge is 2.20. The SMILES string of the molecule is Cc1cc(NC(=O)c2ccc([N+](=O)[O-])o2)n(-c2nc3cc(C)c(C)cc3s2)n1. The van der Waals surface area contributed by atoms with Crippen LogP contribution in [0.5, 0.6) is 0 Å². The van der Waals surface area contributed by atoms with Gasteiger partial charge in [-0.1, -0.05) is 11.3 Å². The molecule has 0 aliphatic heterocycles. The van der Waals surface area contributed by atoms with Crippen LogP contribution < -0.4 is 5.32 Å². The molecule has 4 aromatic rings. The highest BCUT2D eigenvalue weighted by atomic mass is 32.1. The van der Waals surface area contributed by atoms with Gasteiger partial charge in [-0.05, 0) is 50.1 Å². The van der Waals surface area contributed by atoms with Gasteiger partial charge in [0.1, 0.15) is 10.7 Å². The van der Waals surface area contributed by atoms with Crippen LogP contribution in [0.25, 0.3) is 15.3 Å². The number of aryl methyl sites for hydroxylation is 3. The maximum absolute atomic E-state index is 12.4. The second-order valence-corrected chi connectivity index (χ2v) is 7.34. The van der Waals surface area contributed by atoms with E-state index in [1.807, 2.05) is 19.9 Å². The lowest BCUT2D eigenvalue weighted by Crippen LogP contribution is -2.14. The molecule has 1 amide bonds. The number of hydrogen-bond donors (Lipinski definition) is 1. The Morgan fingerprint density at radius 1 is 1.21 bits per heavy atom. The molecule has 10 heteroatoms. The largest absolute Gasteiger partial charge is 0.433 e. The van der Waals surface area contributed by atoms with Gasteiger partial charge in [0.25, 0.3) is 5.91 Å². The van der Waals surface area contributed by atoms with Crippen molar-refractivity contribution < 1.29 is 14.1 Å². The first-order valence-electron chi connectivity index (χ1n) is 8.32. The summed E-state index contributed by atoms with van der Waals surface area (Å²) in [5.41, 5.74) is 3.86. The fraction of sp³-hybridized carbons (Fsp3) is 0.167. The van der Waals surface area contributed by atoms with Gasteiger partial charge in [-0.15, -0.1) is 0 Å². The molecule has 9 nitrogen and oxygen atoms in total. The molecule has 0 spiro atoms. The summed E-state index contributed by atoms with van der Waals surface area (Å²) in [6.07, 6.45) is 0. The molecule has 0 saturated heterocycles. The molecule has 142 valence electrons. The Kier molecular flexibility index (Phi) is 4.19. The number of benzene rings is 1. The average Bonchev–Trinajstić information content (AvgIpc) is 3.33. The molecule has 1 N–H and O–H groups in total. The summed E-state index contributed by atoms with van der Waals surface area (Å²) < 4.78 is 7.51. The Bertz CT molecular complexity index is 1200. The molecule has 4 rings (SSSR count). The minimum atomic E-state index is -0.698. The lowest BCUT2D eigenvalue weighted by molar-refractivity contribution is -0.402. The van der Waals surface area contributed by atoms with E-state index in [-0.39, 0.29) is 5.76 Å². The summed E-state index contributed by atoms with van der Waals surface area (Å²) in [5.74, 6) is -0.865. The zero-order chi connectivity index (χ0) is 20.0. The molecule has 3 heterocycles. The van der Waals surface area contributed by atoms with Crippen LogP contribution in [0.4, 0.5) is 11.7 Å². The molecular formula is C18H15N5O4S. The first kappa shape index (κ1) is 17.9. The van der Waals surface area contributed by atoms with Crippen molar-refractivity contribution in [2.45, 2.75) is 20.8 Å². The number of nitrogens with zero attached hydrogens (tertiary/aromatic N) is 4. The molecule has 28 heavy (non-hydrogen) atoms. The maximum atomic E-state index is 12.4. The van der Waals surface area contributed by atoms with Crippen LogP contribution in [0.2, 0.25) is 0 Å². The minimum absolute atomic E-state index is 0.160. The third-order valence-corrected chi connectivity index (χ3v) is 5.24. The molecule has 0 radical (unpaired) electrons. The summed E-state index contributed by atoms with van der Waals surface area (Å²) in [7, 11) is 0. The van der Waals surface area contributed by atoms with Crippen LogP contribution in [0.15, 0.2) is 34.7 Å². The lowest BCUT2D eigenvalue weighted by atomic mass is 10.1. The predicted octanol–water partition coefficient (Wildman–Crippen LogP) is 4.16. The molecule has 3 aromatic heterocycles. The van der Waals surface area contributed by atoms with E-state index >= 15 is 0 Å². The average molecular weight is 397 g/mol. The van der Waals surface area contributed by atoms with Gasteiger partial charge in [-0.25, -0.2) is 4.98 Å². The van der Waals surface area contributed by atoms with E-state index in [1.165, 1.54) is 23.0 Å². The molecule has 0 saturated carbocycles. The van der Waals surface area contributed by atoms with Crippen molar-refractivity contribution in [1.82, 2.24) is 14.8 Å². The van der Waals surface area contributed by atoms with Gasteiger partial charge in [0.05, 0.1) is 22.0 Å². The first-order valence-corrected chi connectivity index (χ1v) is 9.14. The van der Waals surface area contributed by atoms with Gasteiger partial charge in [0, 0.05) is 6.07 Å². The maximum Gasteiger partial charge on any atom is 0.433 e. The second-order valence-electron chi connectivity index (χ2n) is 6.33. The summed E-state index contributed by atoms with van der Waals surface area (Å²) in [4.78, 5) is 27.1. The van der Waals surface area contributed by atoms with Crippen LogP contribution in [-0.2, 0) is 0 Å². The van der Waals surface area contributed by atoms with Gasteiger partial charge in [0.15, 0.2) is 5.76 Å². The third-order valence-electron chi connectivity index (χ3n) is 4.24. The Balaban J connectivity index is 1.68. The summed E-state index contributed by atoms with van der Waals surface area (Å²) in [6.45, 7) is 5.87. The van der Waals surface area contributed by atoms with Crippen LogP contribution in [0, 0.1) is 30.9 Å². The normalized spacial score (nSPS) is 11.1. The van der Waals surface area contributed by atoms with Crippen LogP contribution in [-0.4, -0.2) is 25.6 Å². The second kappa shape index (κ2) is 6.57. The number of nitro groups is 1. The Labute approximate surface area is 162 Å². The molecule has 0 aliphatic carbocycles. The van der Waals surface area contributed by atoms with Crippen LogP contribution in [0.1, 0.15) is 27.4 Å². The fourth-order valence-corrected chi connectivity index (χ4v) is 3.73. The van der Waals surface area contributed by atoms with E-state index in [4.69, 9.17) is 4.42 Å². The van der Waals surface area contributed by atoms with E-state index in [1.54, 1.807) is 17.7 Å². The molecule has 0 unspecified atom stereocenters. The summed E-state index contributed by atoms with van der Waals surface area (Å²) in [5, 5.41) is 18.4. The number of anilines is 1. The van der Waals surface area contributed by atoms with Gasteiger partial charge >= 0.3 is 5.88 Å². The molecule has 0 atom stereocenters. The number of amides is 1. The molecular weight excluding hydrogens is 382 g/mol. The Morgan fingerprint density at radius 3 is 2.68 bits per heavy atom. The zero-order valence-corrected chi connectivity index (χ0v) is 16.0. The molecule has 0 fully saturated rings. The van der Waals surface area contributed by atoms with Crippen LogP contribution >= 0.6 is 11.3 Å². The van der Waals surface area contributed by atoms with Crippen molar-refractivity contribution in [3.63, 3.8) is 0 Å². The first-order chi connectivity index (χ1) is 13.3. The number of nitrogens with one attached hydrogen (secondary N) is 1. The van der Waals surface area contributed by atoms with Crippen molar-refractivity contribution in [3.05, 3.63) is 63.0 Å². The quantitative estimate of drug-likeness (QED) is 0.408. The van der Waals surface area contributed by atoms with E-state index in [0.717, 1.165) is 21.8 Å². The van der Waals surface area contributed by atoms with Crippen molar-refractivity contribution in [2.75, 3.05) is 5.32 Å². The van der Waals surface area contributed by atoms with Gasteiger partial charge in [0.2, 0.25) is 5.13 Å². The highest BCUT2D eigenvalue weighted by molar-refractivity contribution is 7.20. The molecule has 0 bridgehead atoms. The summed E-state index contributed by atoms with van der Waals surface area (Å²) >= 11 is 1.46. The van der Waals surface area contributed by atoms with Crippen LogP contribution in [0.3, 0.4) is 0 Å². The van der Waals surface area contributed by atoms with Gasteiger partial charge < -0.3 is 9.73 Å². The van der Waals surface area contributed by atoms with Crippen molar-refractivity contribution in [2.24, 2.45) is 0 Å². The van der Waals surface area contributed by atoms with Crippen molar-refractivity contribution in [1.29, 1.82) is 0 Å². The van der Waals surface area contributed by atoms with Crippen molar-refractivity contribution >= 4 is 39.2 Å². The number of fused-ring (bicyclic) bond motifs is 1. The van der Waals surface area contributed by atoms with E-state index in [0.29, 0.717) is 16.6 Å². The smallest absolute Gasteiger partial charge is 0.395 e. The number of hydrogen-bond acceptors (Lipinski definition) is 7. The highest BCUT2D eigenvalue weighted by Crippen LogP contribution is 2.29.